The zero-order valence-corrected chi connectivity index (χ0v) is 10.3. The summed E-state index contributed by atoms with van der Waals surface area (Å²) < 4.78 is 5.99. The lowest BCUT2D eigenvalue weighted by Crippen LogP contribution is -2.44. The van der Waals surface area contributed by atoms with Gasteiger partial charge in [0.15, 0.2) is 0 Å². The molecule has 2 rings (SSSR count). The molecule has 0 radical (unpaired) electrons. The van der Waals surface area contributed by atoms with Crippen LogP contribution in [0.15, 0.2) is 0 Å². The summed E-state index contributed by atoms with van der Waals surface area (Å²) in [6, 6.07) is 0. The molecule has 0 aromatic carbocycles. The van der Waals surface area contributed by atoms with Crippen molar-refractivity contribution in [3.63, 3.8) is 0 Å². The number of Topliss-reactive ketones (excluding diaryl/α,β-unsaturated/α-hetero) is 1. The van der Waals surface area contributed by atoms with E-state index in [1.807, 2.05) is 7.05 Å². The number of rotatable bonds is 3. The van der Waals surface area contributed by atoms with Gasteiger partial charge < -0.3 is 10.1 Å². The lowest BCUT2D eigenvalue weighted by atomic mass is 9.75. The topological polar surface area (TPSA) is 38.3 Å². The fourth-order valence-corrected chi connectivity index (χ4v) is 3.17. The molecule has 3 nitrogen and oxygen atoms in total. The SMILES string of the molecule is CNCC(=O)C1CCOC2(CCCCC2)C1. The minimum atomic E-state index is 0.0601. The summed E-state index contributed by atoms with van der Waals surface area (Å²) in [5.41, 5.74) is 0.0601. The standard InChI is InChI=1S/C13H23NO2/c1-14-10-12(15)11-5-8-16-13(9-11)6-3-2-4-7-13/h11,14H,2-10H2,1H3. The van der Waals surface area contributed by atoms with E-state index in [0.717, 1.165) is 32.3 Å². The van der Waals surface area contributed by atoms with Crippen LogP contribution < -0.4 is 5.32 Å². The zero-order valence-electron chi connectivity index (χ0n) is 10.3. The summed E-state index contributed by atoms with van der Waals surface area (Å²) in [5, 5.41) is 2.97. The third kappa shape index (κ3) is 2.64. The molecule has 0 aromatic heterocycles. The maximum Gasteiger partial charge on any atom is 0.149 e. The molecule has 1 atom stereocenters. The van der Waals surface area contributed by atoms with Gasteiger partial charge in [0.25, 0.3) is 0 Å². The van der Waals surface area contributed by atoms with E-state index in [2.05, 4.69) is 5.32 Å². The molecule has 0 amide bonds. The van der Waals surface area contributed by atoms with Gasteiger partial charge in [0.1, 0.15) is 5.78 Å². The highest BCUT2D eigenvalue weighted by atomic mass is 16.5. The van der Waals surface area contributed by atoms with Gasteiger partial charge in [0.05, 0.1) is 12.1 Å². The number of ketones is 1. The van der Waals surface area contributed by atoms with Crippen LogP contribution in [0.1, 0.15) is 44.9 Å². The predicted octanol–water partition coefficient (Wildman–Crippen LogP) is 1.90. The summed E-state index contributed by atoms with van der Waals surface area (Å²) in [5.74, 6) is 0.607. The Kier molecular flexibility index (Phi) is 3.98. The average Bonchev–Trinajstić information content (AvgIpc) is 2.30. The zero-order chi connectivity index (χ0) is 11.4. The summed E-state index contributed by atoms with van der Waals surface area (Å²) in [6.07, 6.45) is 8.09. The van der Waals surface area contributed by atoms with Crippen molar-refractivity contribution in [1.82, 2.24) is 5.32 Å². The number of hydrogen-bond donors (Lipinski definition) is 1. The molecule has 1 aliphatic carbocycles. The Labute approximate surface area is 97.9 Å². The van der Waals surface area contributed by atoms with Crippen molar-refractivity contribution >= 4 is 5.78 Å². The Bertz CT molecular complexity index is 241. The normalized spacial score (nSPS) is 29.2. The maximum absolute atomic E-state index is 11.9. The molecule has 1 N–H and O–H groups in total. The van der Waals surface area contributed by atoms with Crippen molar-refractivity contribution in [2.24, 2.45) is 5.92 Å². The van der Waals surface area contributed by atoms with Crippen LogP contribution in [-0.4, -0.2) is 31.6 Å². The molecule has 1 spiro atoms. The summed E-state index contributed by atoms with van der Waals surface area (Å²) in [4.78, 5) is 11.9. The first-order valence-corrected chi connectivity index (χ1v) is 6.57. The van der Waals surface area contributed by atoms with Crippen molar-refractivity contribution in [3.05, 3.63) is 0 Å². The molecule has 2 aliphatic rings. The van der Waals surface area contributed by atoms with Crippen LogP contribution in [0.5, 0.6) is 0 Å². The van der Waals surface area contributed by atoms with Crippen LogP contribution >= 0.6 is 0 Å². The summed E-state index contributed by atoms with van der Waals surface area (Å²) >= 11 is 0. The van der Waals surface area contributed by atoms with E-state index in [-0.39, 0.29) is 11.5 Å². The van der Waals surface area contributed by atoms with Crippen LogP contribution in [0.3, 0.4) is 0 Å². The molecular weight excluding hydrogens is 202 g/mol. The van der Waals surface area contributed by atoms with E-state index in [9.17, 15) is 4.79 Å². The Morgan fingerprint density at radius 2 is 2.12 bits per heavy atom. The monoisotopic (exact) mass is 225 g/mol. The van der Waals surface area contributed by atoms with Gasteiger partial charge in [-0.3, -0.25) is 4.79 Å². The molecule has 0 aromatic rings. The molecule has 16 heavy (non-hydrogen) atoms. The van der Waals surface area contributed by atoms with Crippen LogP contribution in [0.4, 0.5) is 0 Å². The van der Waals surface area contributed by atoms with Crippen LogP contribution in [0.25, 0.3) is 0 Å². The fourth-order valence-electron chi connectivity index (χ4n) is 3.17. The first-order chi connectivity index (χ1) is 7.76. The van der Waals surface area contributed by atoms with E-state index in [1.54, 1.807) is 0 Å². The maximum atomic E-state index is 11.9. The first-order valence-electron chi connectivity index (χ1n) is 6.57. The third-order valence-electron chi connectivity index (χ3n) is 4.06. The summed E-state index contributed by atoms with van der Waals surface area (Å²) in [7, 11) is 1.84. The Balaban J connectivity index is 1.94. The second-order valence-electron chi connectivity index (χ2n) is 5.28. The third-order valence-corrected chi connectivity index (χ3v) is 4.06. The largest absolute Gasteiger partial charge is 0.375 e. The fraction of sp³-hybridized carbons (Fsp3) is 0.923. The van der Waals surface area contributed by atoms with E-state index in [1.165, 1.54) is 19.3 Å². The lowest BCUT2D eigenvalue weighted by Gasteiger charge is -2.43. The van der Waals surface area contributed by atoms with Crippen molar-refractivity contribution in [3.8, 4) is 0 Å². The number of ether oxygens (including phenoxy) is 1. The van der Waals surface area contributed by atoms with Gasteiger partial charge in [-0.15, -0.1) is 0 Å². The molecule has 2 fully saturated rings. The van der Waals surface area contributed by atoms with Crippen LogP contribution in [0, 0.1) is 5.92 Å². The molecule has 3 heteroatoms. The minimum Gasteiger partial charge on any atom is -0.375 e. The van der Waals surface area contributed by atoms with Gasteiger partial charge in [-0.25, -0.2) is 0 Å². The van der Waals surface area contributed by atoms with E-state index < -0.39 is 0 Å². The highest BCUT2D eigenvalue weighted by molar-refractivity contribution is 5.83. The van der Waals surface area contributed by atoms with Gasteiger partial charge in [0, 0.05) is 12.5 Å². The van der Waals surface area contributed by atoms with Crippen LogP contribution in [-0.2, 0) is 9.53 Å². The molecular formula is C13H23NO2. The predicted molar refractivity (Wildman–Crippen MR) is 63.4 cm³/mol. The molecule has 92 valence electrons. The molecule has 1 unspecified atom stereocenters. The Morgan fingerprint density at radius 3 is 2.81 bits per heavy atom. The molecule has 1 saturated heterocycles. The first kappa shape index (κ1) is 12.1. The van der Waals surface area contributed by atoms with Crippen molar-refractivity contribution < 1.29 is 9.53 Å². The summed E-state index contributed by atoms with van der Waals surface area (Å²) in [6.45, 7) is 1.29. The highest BCUT2D eigenvalue weighted by Crippen LogP contribution is 2.40. The number of likely N-dealkylation sites (N-methyl/N-ethyl adjacent to an activating group) is 1. The minimum absolute atomic E-state index is 0.0601. The van der Waals surface area contributed by atoms with E-state index >= 15 is 0 Å². The number of carbonyl (C=O) groups excluding carboxylic acids is 1. The quantitative estimate of drug-likeness (QED) is 0.797. The molecule has 1 aliphatic heterocycles. The van der Waals surface area contributed by atoms with Crippen molar-refractivity contribution in [2.75, 3.05) is 20.2 Å². The van der Waals surface area contributed by atoms with Crippen molar-refractivity contribution in [1.29, 1.82) is 0 Å². The lowest BCUT2D eigenvalue weighted by molar-refractivity contribution is -0.142. The molecule has 1 saturated carbocycles. The van der Waals surface area contributed by atoms with Gasteiger partial charge >= 0.3 is 0 Å². The number of hydrogen-bond acceptors (Lipinski definition) is 3. The number of nitrogens with one attached hydrogen (secondary N) is 1. The average molecular weight is 225 g/mol. The smallest absolute Gasteiger partial charge is 0.149 e. The Morgan fingerprint density at radius 1 is 1.38 bits per heavy atom. The molecule has 0 bridgehead atoms. The van der Waals surface area contributed by atoms with Crippen LogP contribution in [0.2, 0.25) is 0 Å². The van der Waals surface area contributed by atoms with Gasteiger partial charge in [-0.1, -0.05) is 19.3 Å². The van der Waals surface area contributed by atoms with Gasteiger partial charge in [-0.05, 0) is 32.7 Å². The highest BCUT2D eigenvalue weighted by Gasteiger charge is 2.40. The second kappa shape index (κ2) is 5.28. The molecule has 1 heterocycles. The van der Waals surface area contributed by atoms with E-state index in [4.69, 9.17) is 4.74 Å². The van der Waals surface area contributed by atoms with Crippen molar-refractivity contribution in [2.45, 2.75) is 50.5 Å². The number of carbonyl (C=O) groups is 1. The van der Waals surface area contributed by atoms with E-state index in [0.29, 0.717) is 12.3 Å². The van der Waals surface area contributed by atoms with Gasteiger partial charge in [0.2, 0.25) is 0 Å². The second-order valence-corrected chi connectivity index (χ2v) is 5.28. The Hall–Kier alpha value is -0.410. The van der Waals surface area contributed by atoms with Gasteiger partial charge in [-0.2, -0.15) is 0 Å².